The molecule has 0 aliphatic heterocycles. The van der Waals surface area contributed by atoms with E-state index in [4.69, 9.17) is 10.00 Å². The average molecular weight is 209 g/mol. The van der Waals surface area contributed by atoms with Gasteiger partial charge in [-0.1, -0.05) is 39.7 Å². The standard InChI is InChI=1S/C12H19NO2/c1-4-5-6-7-10(2)9-15-12(14)11(3)8-13/h10H,3-7,9H2,1-2H3. The van der Waals surface area contributed by atoms with Gasteiger partial charge in [-0.2, -0.15) is 5.26 Å². The highest BCUT2D eigenvalue weighted by atomic mass is 16.5. The summed E-state index contributed by atoms with van der Waals surface area (Å²) in [7, 11) is 0. The molecule has 3 heteroatoms. The van der Waals surface area contributed by atoms with E-state index in [-0.39, 0.29) is 5.57 Å². The van der Waals surface area contributed by atoms with Gasteiger partial charge in [0, 0.05) is 0 Å². The summed E-state index contributed by atoms with van der Waals surface area (Å²) in [5.74, 6) is -0.244. The van der Waals surface area contributed by atoms with Crippen LogP contribution in [-0.2, 0) is 9.53 Å². The normalized spacial score (nSPS) is 11.5. The molecule has 15 heavy (non-hydrogen) atoms. The van der Waals surface area contributed by atoms with E-state index in [1.54, 1.807) is 6.07 Å². The van der Waals surface area contributed by atoms with Crippen molar-refractivity contribution in [1.29, 1.82) is 5.26 Å². The number of nitriles is 1. The lowest BCUT2D eigenvalue weighted by atomic mass is 10.0. The molecule has 0 aromatic heterocycles. The van der Waals surface area contributed by atoms with E-state index in [0.29, 0.717) is 12.5 Å². The van der Waals surface area contributed by atoms with Crippen molar-refractivity contribution < 1.29 is 9.53 Å². The molecule has 0 saturated carbocycles. The fourth-order valence-corrected chi connectivity index (χ4v) is 1.18. The lowest BCUT2D eigenvalue weighted by Crippen LogP contribution is -2.12. The minimum absolute atomic E-state index is 0.129. The molecule has 0 aromatic rings. The summed E-state index contributed by atoms with van der Waals surface area (Å²) in [6, 6.07) is 1.67. The monoisotopic (exact) mass is 209 g/mol. The molecule has 1 atom stereocenters. The maximum Gasteiger partial charge on any atom is 0.348 e. The Labute approximate surface area is 91.7 Å². The van der Waals surface area contributed by atoms with Crippen LogP contribution < -0.4 is 0 Å². The highest BCUT2D eigenvalue weighted by Crippen LogP contribution is 2.10. The zero-order chi connectivity index (χ0) is 11.7. The number of esters is 1. The van der Waals surface area contributed by atoms with Gasteiger partial charge in [0.1, 0.15) is 11.6 Å². The highest BCUT2D eigenvalue weighted by molar-refractivity contribution is 5.91. The molecule has 0 aliphatic rings. The van der Waals surface area contributed by atoms with Crippen LogP contribution in [0.15, 0.2) is 12.2 Å². The first-order chi connectivity index (χ1) is 7.11. The van der Waals surface area contributed by atoms with Gasteiger partial charge in [-0.05, 0) is 12.3 Å². The molecule has 0 radical (unpaired) electrons. The van der Waals surface area contributed by atoms with Crippen molar-refractivity contribution in [1.82, 2.24) is 0 Å². The van der Waals surface area contributed by atoms with Crippen molar-refractivity contribution in [2.75, 3.05) is 6.61 Å². The third kappa shape index (κ3) is 6.73. The molecule has 0 amide bonds. The number of rotatable bonds is 7. The first kappa shape index (κ1) is 13.7. The summed E-state index contributed by atoms with van der Waals surface area (Å²) in [6.07, 6.45) is 4.62. The fourth-order valence-electron chi connectivity index (χ4n) is 1.18. The van der Waals surface area contributed by atoms with Crippen LogP contribution in [0.25, 0.3) is 0 Å². The Bertz CT molecular complexity index is 253. The largest absolute Gasteiger partial charge is 0.461 e. The zero-order valence-corrected chi connectivity index (χ0v) is 9.58. The Morgan fingerprint density at radius 2 is 2.20 bits per heavy atom. The van der Waals surface area contributed by atoms with Gasteiger partial charge in [-0.25, -0.2) is 4.79 Å². The third-order valence-electron chi connectivity index (χ3n) is 2.18. The molecule has 0 bridgehead atoms. The minimum Gasteiger partial charge on any atom is -0.461 e. The number of carbonyl (C=O) groups is 1. The van der Waals surface area contributed by atoms with Crippen molar-refractivity contribution in [2.45, 2.75) is 39.5 Å². The Morgan fingerprint density at radius 1 is 1.53 bits per heavy atom. The fraction of sp³-hybridized carbons (Fsp3) is 0.667. The molecule has 0 fully saturated rings. The van der Waals surface area contributed by atoms with Crippen molar-refractivity contribution in [2.24, 2.45) is 5.92 Å². The summed E-state index contributed by atoms with van der Waals surface area (Å²) in [5, 5.41) is 8.39. The second-order valence-corrected chi connectivity index (χ2v) is 3.79. The van der Waals surface area contributed by atoms with E-state index >= 15 is 0 Å². The second kappa shape index (κ2) is 8.05. The summed E-state index contributed by atoms with van der Waals surface area (Å²) in [6.45, 7) is 7.86. The van der Waals surface area contributed by atoms with Gasteiger partial charge < -0.3 is 4.74 Å². The van der Waals surface area contributed by atoms with Crippen LogP contribution in [0.1, 0.15) is 39.5 Å². The quantitative estimate of drug-likeness (QED) is 0.280. The van der Waals surface area contributed by atoms with Crippen molar-refractivity contribution in [3.05, 3.63) is 12.2 Å². The second-order valence-electron chi connectivity index (χ2n) is 3.79. The molecule has 1 unspecified atom stereocenters. The van der Waals surface area contributed by atoms with E-state index in [0.717, 1.165) is 12.8 Å². The van der Waals surface area contributed by atoms with E-state index in [2.05, 4.69) is 13.5 Å². The number of unbranched alkanes of at least 4 members (excludes halogenated alkanes) is 2. The number of hydrogen-bond acceptors (Lipinski definition) is 3. The molecule has 0 spiro atoms. The molecule has 0 heterocycles. The van der Waals surface area contributed by atoms with E-state index in [1.807, 2.05) is 6.92 Å². The summed E-state index contributed by atoms with van der Waals surface area (Å²) in [4.78, 5) is 11.1. The van der Waals surface area contributed by atoms with Gasteiger partial charge in [0.05, 0.1) is 6.61 Å². The molecule has 0 aromatic carbocycles. The molecule has 84 valence electrons. The van der Waals surface area contributed by atoms with Gasteiger partial charge >= 0.3 is 5.97 Å². The predicted molar refractivity (Wildman–Crippen MR) is 59.0 cm³/mol. The Balaban J connectivity index is 3.63. The molecular weight excluding hydrogens is 190 g/mol. The SMILES string of the molecule is C=C(C#N)C(=O)OCC(C)CCCCC. The van der Waals surface area contributed by atoms with Crippen LogP contribution >= 0.6 is 0 Å². The van der Waals surface area contributed by atoms with Gasteiger partial charge in [0.15, 0.2) is 0 Å². The Morgan fingerprint density at radius 3 is 2.73 bits per heavy atom. The molecule has 0 rings (SSSR count). The van der Waals surface area contributed by atoms with Gasteiger partial charge in [0.25, 0.3) is 0 Å². The van der Waals surface area contributed by atoms with Crippen molar-refractivity contribution in [3.63, 3.8) is 0 Å². The first-order valence-electron chi connectivity index (χ1n) is 5.38. The zero-order valence-electron chi connectivity index (χ0n) is 9.58. The van der Waals surface area contributed by atoms with E-state index in [9.17, 15) is 4.79 Å². The highest BCUT2D eigenvalue weighted by Gasteiger charge is 2.09. The number of nitrogens with zero attached hydrogens (tertiary/aromatic N) is 1. The van der Waals surface area contributed by atoms with Gasteiger partial charge in [-0.15, -0.1) is 0 Å². The van der Waals surface area contributed by atoms with Crippen LogP contribution in [0.4, 0.5) is 0 Å². The van der Waals surface area contributed by atoms with E-state index < -0.39 is 5.97 Å². The van der Waals surface area contributed by atoms with Gasteiger partial charge in [-0.3, -0.25) is 0 Å². The van der Waals surface area contributed by atoms with Gasteiger partial charge in [0.2, 0.25) is 0 Å². The van der Waals surface area contributed by atoms with Crippen molar-refractivity contribution >= 4 is 5.97 Å². The molecular formula is C12H19NO2. The van der Waals surface area contributed by atoms with E-state index in [1.165, 1.54) is 12.8 Å². The molecule has 0 N–H and O–H groups in total. The predicted octanol–water partition coefficient (Wildman–Crippen LogP) is 2.83. The first-order valence-corrected chi connectivity index (χ1v) is 5.38. The molecule has 0 aliphatic carbocycles. The summed E-state index contributed by atoms with van der Waals surface area (Å²) < 4.78 is 4.93. The van der Waals surface area contributed by atoms with Crippen LogP contribution in [0, 0.1) is 17.2 Å². The third-order valence-corrected chi connectivity index (χ3v) is 2.18. The maximum absolute atomic E-state index is 11.1. The van der Waals surface area contributed by atoms with Crippen LogP contribution in [0.2, 0.25) is 0 Å². The van der Waals surface area contributed by atoms with Crippen molar-refractivity contribution in [3.8, 4) is 6.07 Å². The lowest BCUT2D eigenvalue weighted by Gasteiger charge is -2.10. The molecule has 0 saturated heterocycles. The average Bonchev–Trinajstić information content (AvgIpc) is 2.25. The summed E-state index contributed by atoms with van der Waals surface area (Å²) >= 11 is 0. The lowest BCUT2D eigenvalue weighted by molar-refractivity contribution is -0.139. The van der Waals surface area contributed by atoms with Crippen LogP contribution in [-0.4, -0.2) is 12.6 Å². The number of ether oxygens (including phenoxy) is 1. The Hall–Kier alpha value is -1.30. The Kier molecular flexibility index (Phi) is 7.35. The smallest absolute Gasteiger partial charge is 0.348 e. The summed E-state index contributed by atoms with van der Waals surface area (Å²) in [5.41, 5.74) is -0.129. The number of carbonyl (C=O) groups excluding carboxylic acids is 1. The number of hydrogen-bond donors (Lipinski definition) is 0. The maximum atomic E-state index is 11.1. The molecule has 3 nitrogen and oxygen atoms in total. The topological polar surface area (TPSA) is 50.1 Å². The van der Waals surface area contributed by atoms with Crippen LogP contribution in [0.5, 0.6) is 0 Å². The van der Waals surface area contributed by atoms with Crippen LogP contribution in [0.3, 0.4) is 0 Å². The minimum atomic E-state index is -0.597.